The van der Waals surface area contributed by atoms with Crippen LogP contribution in [0.4, 0.5) is 5.69 Å². The highest BCUT2D eigenvalue weighted by atomic mass is 35.5. The Morgan fingerprint density at radius 1 is 0.949 bits per heavy atom. The fraction of sp³-hybridized carbons (Fsp3) is 0.467. The molecule has 1 unspecified atom stereocenters. The van der Waals surface area contributed by atoms with Gasteiger partial charge in [-0.15, -0.1) is 0 Å². The van der Waals surface area contributed by atoms with Crippen molar-refractivity contribution in [1.29, 1.82) is 5.26 Å². The van der Waals surface area contributed by atoms with E-state index < -0.39 is 29.7 Å². The molecule has 1 spiro atoms. The van der Waals surface area contributed by atoms with Crippen molar-refractivity contribution in [3.63, 3.8) is 0 Å². The molecule has 0 radical (unpaired) electrons. The number of benzene rings is 3. The van der Waals surface area contributed by atoms with Crippen LogP contribution in [0.2, 0.25) is 5.02 Å². The summed E-state index contributed by atoms with van der Waals surface area (Å²) in [4.78, 5) is 69.9. The fourth-order valence-electron chi connectivity index (χ4n) is 10.2. The molecule has 4 fully saturated rings. The molecule has 1 saturated carbocycles. The van der Waals surface area contributed by atoms with Gasteiger partial charge in [-0.25, -0.2) is 0 Å². The van der Waals surface area contributed by atoms with E-state index in [1.54, 1.807) is 30.3 Å². The first-order chi connectivity index (χ1) is 28.1. The lowest BCUT2D eigenvalue weighted by Crippen LogP contribution is -2.74. The van der Waals surface area contributed by atoms with Crippen molar-refractivity contribution < 1.29 is 33.4 Å². The van der Waals surface area contributed by atoms with Crippen molar-refractivity contribution >= 4 is 46.8 Å². The number of hydrogen-bond acceptors (Lipinski definition) is 10. The van der Waals surface area contributed by atoms with E-state index in [2.05, 4.69) is 54.2 Å². The van der Waals surface area contributed by atoms with E-state index in [1.165, 1.54) is 0 Å². The van der Waals surface area contributed by atoms with Crippen molar-refractivity contribution in [2.45, 2.75) is 83.6 Å². The molecule has 308 valence electrons. The molecule has 4 heterocycles. The normalized spacial score (nSPS) is 24.6. The minimum Gasteiger partial charge on any atom is -0.489 e. The van der Waals surface area contributed by atoms with E-state index in [1.807, 2.05) is 30.3 Å². The summed E-state index contributed by atoms with van der Waals surface area (Å²) in [6.07, 6.45) is 2.47. The second-order valence-corrected chi connectivity index (χ2v) is 18.1. The highest BCUT2D eigenvalue weighted by Crippen LogP contribution is 2.55. The summed E-state index contributed by atoms with van der Waals surface area (Å²) in [7, 11) is 0. The molecule has 1 aliphatic carbocycles. The number of hydrogen-bond donors (Lipinski definition) is 2. The molecule has 3 aromatic carbocycles. The second kappa shape index (κ2) is 15.4. The van der Waals surface area contributed by atoms with Gasteiger partial charge in [0.05, 0.1) is 33.9 Å². The maximum absolute atomic E-state index is 13.5. The number of anilines is 1. The Kier molecular flexibility index (Phi) is 10.6. The summed E-state index contributed by atoms with van der Waals surface area (Å²) in [5, 5.41) is 15.1. The average Bonchev–Trinajstić information content (AvgIpc) is 3.46. The molecule has 0 bridgehead atoms. The Balaban J connectivity index is 0.820. The van der Waals surface area contributed by atoms with Crippen molar-refractivity contribution in [2.75, 3.05) is 44.2 Å². The summed E-state index contributed by atoms with van der Waals surface area (Å²) in [5.74, 6) is -1.57. The molecule has 1 atom stereocenters. The first-order valence-corrected chi connectivity index (χ1v) is 20.7. The molecule has 4 aliphatic heterocycles. The molecule has 2 N–H and O–H groups in total. The van der Waals surface area contributed by atoms with E-state index >= 15 is 0 Å². The van der Waals surface area contributed by atoms with Gasteiger partial charge in [0.2, 0.25) is 11.8 Å². The van der Waals surface area contributed by atoms with Gasteiger partial charge in [-0.3, -0.25) is 39.1 Å². The molecule has 0 aromatic heterocycles. The van der Waals surface area contributed by atoms with Crippen LogP contribution in [0.1, 0.15) is 95.6 Å². The van der Waals surface area contributed by atoms with Crippen molar-refractivity contribution in [3.8, 4) is 11.8 Å². The first-order valence-electron chi connectivity index (χ1n) is 20.3. The maximum atomic E-state index is 13.5. The van der Waals surface area contributed by atoms with Crippen LogP contribution < -0.4 is 20.3 Å². The number of ether oxygens (including phenoxy) is 2. The maximum Gasteiger partial charge on any atom is 0.262 e. The number of nitriles is 1. The summed E-state index contributed by atoms with van der Waals surface area (Å²) in [6, 6.07) is 19.1. The molecule has 14 heteroatoms. The summed E-state index contributed by atoms with van der Waals surface area (Å²) < 4.78 is 12.8. The standard InChI is InChI=1S/C45H49ClN6O7/c1-43(2)41(44(3,4)42(43)59-31-11-9-29(25-47)34(46)24-31)49-37(54)28-7-5-27(6-8-28)15-18-50-21-22-58-45(26-50)16-19-51(20-17-45)30-10-12-32-33(23-30)40(57)52(39(32)56)35-13-14-36(53)48-38(35)55/h5-12,23-24,35,41-42H,13-22,26H2,1-4H3,(H,49,54)(H,48,53,55). The van der Waals surface area contributed by atoms with Crippen molar-refractivity contribution in [3.05, 3.63) is 93.5 Å². The molecular weight excluding hydrogens is 772 g/mol. The predicted octanol–water partition coefficient (Wildman–Crippen LogP) is 5.14. The molecule has 3 saturated heterocycles. The van der Waals surface area contributed by atoms with Crippen molar-refractivity contribution in [2.24, 2.45) is 10.8 Å². The van der Waals surface area contributed by atoms with Gasteiger partial charge in [-0.1, -0.05) is 51.4 Å². The van der Waals surface area contributed by atoms with E-state index in [9.17, 15) is 29.2 Å². The number of halogens is 1. The zero-order chi connectivity index (χ0) is 41.9. The quantitative estimate of drug-likeness (QED) is 0.277. The number of carbonyl (C=O) groups excluding carboxylic acids is 5. The van der Waals surface area contributed by atoms with Crippen LogP contribution in [0.15, 0.2) is 60.7 Å². The van der Waals surface area contributed by atoms with Crippen LogP contribution >= 0.6 is 11.6 Å². The van der Waals surface area contributed by atoms with Crippen molar-refractivity contribution in [1.82, 2.24) is 20.4 Å². The zero-order valence-corrected chi connectivity index (χ0v) is 34.6. The number of rotatable bonds is 9. The molecule has 5 aliphatic rings. The highest BCUT2D eigenvalue weighted by Gasteiger charge is 2.64. The smallest absolute Gasteiger partial charge is 0.262 e. The summed E-state index contributed by atoms with van der Waals surface area (Å²) >= 11 is 6.25. The third kappa shape index (κ3) is 7.47. The largest absolute Gasteiger partial charge is 0.489 e. The third-order valence-corrected chi connectivity index (χ3v) is 13.5. The number of carbonyl (C=O) groups is 5. The first kappa shape index (κ1) is 40.5. The van der Waals surface area contributed by atoms with E-state index in [0.29, 0.717) is 28.5 Å². The zero-order valence-electron chi connectivity index (χ0n) is 33.8. The Labute approximate surface area is 348 Å². The van der Waals surface area contributed by atoms with Crippen LogP contribution in [0.3, 0.4) is 0 Å². The lowest BCUT2D eigenvalue weighted by molar-refractivity contribution is -0.164. The fourth-order valence-corrected chi connectivity index (χ4v) is 10.4. The average molecular weight is 821 g/mol. The van der Waals surface area contributed by atoms with Crippen LogP contribution in [-0.2, 0) is 20.7 Å². The number of nitrogens with zero attached hydrogens (tertiary/aromatic N) is 4. The number of piperidine rings is 2. The Hall–Kier alpha value is -5.29. The van der Waals surface area contributed by atoms with E-state index in [-0.39, 0.29) is 58.5 Å². The van der Waals surface area contributed by atoms with Gasteiger partial charge in [0.25, 0.3) is 17.7 Å². The van der Waals surface area contributed by atoms with Gasteiger partial charge in [0.15, 0.2) is 0 Å². The van der Waals surface area contributed by atoms with Gasteiger partial charge >= 0.3 is 0 Å². The van der Waals surface area contributed by atoms with Crippen LogP contribution in [0.5, 0.6) is 5.75 Å². The number of amides is 5. The topological polar surface area (TPSA) is 161 Å². The molecule has 13 nitrogen and oxygen atoms in total. The lowest BCUT2D eigenvalue weighted by atomic mass is 9.49. The number of imide groups is 2. The van der Waals surface area contributed by atoms with Crippen LogP contribution in [-0.4, -0.2) is 102 Å². The third-order valence-electron chi connectivity index (χ3n) is 13.2. The predicted molar refractivity (Wildman–Crippen MR) is 219 cm³/mol. The minimum absolute atomic E-state index is 0.0790. The monoisotopic (exact) mass is 820 g/mol. The number of nitrogens with one attached hydrogen (secondary N) is 2. The molecule has 3 aromatic rings. The van der Waals surface area contributed by atoms with E-state index in [4.69, 9.17) is 21.1 Å². The van der Waals surface area contributed by atoms with Gasteiger partial charge in [0.1, 0.15) is 24.0 Å². The lowest BCUT2D eigenvalue weighted by Gasteiger charge is -2.63. The van der Waals surface area contributed by atoms with Gasteiger partial charge in [-0.05, 0) is 73.7 Å². The minimum atomic E-state index is -0.992. The number of fused-ring (bicyclic) bond motifs is 1. The van der Waals surface area contributed by atoms with Gasteiger partial charge in [-0.2, -0.15) is 5.26 Å². The Morgan fingerprint density at radius 3 is 2.34 bits per heavy atom. The van der Waals surface area contributed by atoms with E-state index in [0.717, 1.165) is 68.1 Å². The second-order valence-electron chi connectivity index (χ2n) is 17.7. The molecule has 8 rings (SSSR count). The van der Waals surface area contributed by atoms with Crippen LogP contribution in [0, 0.1) is 22.2 Å². The SMILES string of the molecule is CC1(C)C(NC(=O)c2ccc(CCN3CCOC4(CCN(c5ccc6c(c5)C(=O)N(C5CCC(=O)NC5=O)C6=O)CC4)C3)cc2)C(C)(C)C1Oc1ccc(C#N)c(Cl)c1. The summed E-state index contributed by atoms with van der Waals surface area (Å²) in [5.41, 5.74) is 2.55. The molecule has 5 amide bonds. The van der Waals surface area contributed by atoms with Gasteiger partial charge < -0.3 is 19.7 Å². The Bertz CT molecular complexity index is 2240. The summed E-state index contributed by atoms with van der Waals surface area (Å²) in [6.45, 7) is 13.0. The van der Waals surface area contributed by atoms with Gasteiger partial charge in [0, 0.05) is 73.3 Å². The number of morpholine rings is 1. The molecular formula is C45H49ClN6O7. The van der Waals surface area contributed by atoms with Crippen LogP contribution in [0.25, 0.3) is 0 Å². The highest BCUT2D eigenvalue weighted by molar-refractivity contribution is 6.31. The Morgan fingerprint density at radius 2 is 1.66 bits per heavy atom. The molecule has 59 heavy (non-hydrogen) atoms.